The Morgan fingerprint density at radius 1 is 1.11 bits per heavy atom. The molecule has 0 amide bonds. The maximum absolute atomic E-state index is 13.7. The van der Waals surface area contributed by atoms with Gasteiger partial charge in [-0.3, -0.25) is 4.57 Å². The van der Waals surface area contributed by atoms with Crippen LogP contribution in [0.15, 0.2) is 52.2 Å². The lowest BCUT2D eigenvalue weighted by molar-refractivity contribution is 0.357. The van der Waals surface area contributed by atoms with Gasteiger partial charge in [-0.25, -0.2) is 23.8 Å². The molecule has 0 atom stereocenters. The Labute approximate surface area is 215 Å². The molecule has 4 N–H and O–H groups in total. The number of imidazole rings is 1. The predicted molar refractivity (Wildman–Crippen MR) is 140 cm³/mol. The Bertz CT molecular complexity index is 1760. The third-order valence-corrected chi connectivity index (χ3v) is 6.59. The van der Waals surface area contributed by atoms with Crippen molar-refractivity contribution in [2.75, 3.05) is 24.2 Å². The van der Waals surface area contributed by atoms with Crippen molar-refractivity contribution in [1.82, 2.24) is 39.1 Å². The maximum Gasteiger partial charge on any atom is 0.355 e. The van der Waals surface area contributed by atoms with Crippen LogP contribution in [-0.4, -0.2) is 52.2 Å². The molecule has 38 heavy (non-hydrogen) atoms. The van der Waals surface area contributed by atoms with Crippen molar-refractivity contribution in [2.24, 2.45) is 7.05 Å². The summed E-state index contributed by atoms with van der Waals surface area (Å²) in [7, 11) is 1.81. The van der Waals surface area contributed by atoms with Crippen molar-refractivity contribution < 1.29 is 4.74 Å². The van der Waals surface area contributed by atoms with Gasteiger partial charge in [0.2, 0.25) is 5.95 Å². The highest BCUT2D eigenvalue weighted by atomic mass is 16.5. The maximum atomic E-state index is 13.7. The summed E-state index contributed by atoms with van der Waals surface area (Å²) in [6.45, 7) is 1.36. The van der Waals surface area contributed by atoms with Gasteiger partial charge >= 0.3 is 11.4 Å². The van der Waals surface area contributed by atoms with E-state index in [1.807, 2.05) is 36.4 Å². The van der Waals surface area contributed by atoms with Crippen molar-refractivity contribution in [3.8, 4) is 5.75 Å². The van der Waals surface area contributed by atoms with Crippen molar-refractivity contribution in [2.45, 2.75) is 25.9 Å². The number of ether oxygens (including phenoxy) is 1. The largest absolute Gasteiger partial charge is 0.493 e. The highest BCUT2D eigenvalue weighted by molar-refractivity contribution is 5.74. The third kappa shape index (κ3) is 4.49. The second kappa shape index (κ2) is 9.50. The molecule has 0 aliphatic carbocycles. The minimum Gasteiger partial charge on any atom is -0.493 e. The number of fused-ring (bicyclic) bond motifs is 2. The minimum absolute atomic E-state index is 0.0584. The average molecular weight is 515 g/mol. The Kier molecular flexibility index (Phi) is 5.86. The molecule has 3 aromatic heterocycles. The molecule has 0 spiro atoms. The SMILES string of the molecule is Cn1nnc2cc(Cn3c(=O)nc(NCCc4cnc(N)[nH]4)n(Cc4ccc5c(c4)CCO5)c3=O)ccc21. The topological polar surface area (TPSA) is 164 Å². The highest BCUT2D eigenvalue weighted by Gasteiger charge is 2.17. The van der Waals surface area contributed by atoms with Crippen LogP contribution in [-0.2, 0) is 33.0 Å². The van der Waals surface area contributed by atoms with E-state index in [1.165, 1.54) is 4.57 Å². The zero-order valence-corrected chi connectivity index (χ0v) is 20.7. The summed E-state index contributed by atoms with van der Waals surface area (Å²) in [5.41, 5.74) is 9.68. The van der Waals surface area contributed by atoms with E-state index in [-0.39, 0.29) is 19.0 Å². The zero-order valence-electron chi connectivity index (χ0n) is 20.7. The predicted octanol–water partition coefficient (Wildman–Crippen LogP) is 0.678. The number of nitrogens with zero attached hydrogens (tertiary/aromatic N) is 7. The van der Waals surface area contributed by atoms with Gasteiger partial charge in [-0.15, -0.1) is 5.10 Å². The van der Waals surface area contributed by atoms with Crippen LogP contribution < -0.4 is 27.2 Å². The molecular weight excluding hydrogens is 488 g/mol. The Balaban J connectivity index is 1.34. The van der Waals surface area contributed by atoms with Crippen LogP contribution >= 0.6 is 0 Å². The quantitative estimate of drug-likeness (QED) is 0.270. The number of nitrogens with two attached hydrogens (primary N) is 1. The number of aromatic amines is 1. The monoisotopic (exact) mass is 514 g/mol. The van der Waals surface area contributed by atoms with E-state index >= 15 is 0 Å². The van der Waals surface area contributed by atoms with E-state index in [0.29, 0.717) is 31.0 Å². The summed E-state index contributed by atoms with van der Waals surface area (Å²) < 4.78 is 9.90. The van der Waals surface area contributed by atoms with Gasteiger partial charge in [-0.2, -0.15) is 4.98 Å². The molecule has 0 unspecified atom stereocenters. The van der Waals surface area contributed by atoms with Gasteiger partial charge in [0.15, 0.2) is 5.95 Å². The molecule has 5 aromatic rings. The van der Waals surface area contributed by atoms with Crippen LogP contribution in [0.1, 0.15) is 22.4 Å². The highest BCUT2D eigenvalue weighted by Crippen LogP contribution is 2.26. The number of aryl methyl sites for hydroxylation is 1. The van der Waals surface area contributed by atoms with Crippen LogP contribution in [0, 0.1) is 0 Å². The van der Waals surface area contributed by atoms with E-state index in [1.54, 1.807) is 17.9 Å². The molecule has 13 heteroatoms. The molecule has 13 nitrogen and oxygen atoms in total. The zero-order chi connectivity index (χ0) is 26.2. The molecule has 2 aromatic carbocycles. The second-order valence-corrected chi connectivity index (χ2v) is 9.22. The van der Waals surface area contributed by atoms with Gasteiger partial charge < -0.3 is 20.8 Å². The first-order chi connectivity index (χ1) is 18.4. The fourth-order valence-corrected chi connectivity index (χ4v) is 4.64. The smallest absolute Gasteiger partial charge is 0.355 e. The van der Waals surface area contributed by atoms with Crippen LogP contribution in [0.25, 0.3) is 11.0 Å². The molecule has 0 bridgehead atoms. The summed E-state index contributed by atoms with van der Waals surface area (Å²) in [6.07, 6.45) is 3.02. The number of hydrogen-bond acceptors (Lipinski definition) is 9. The Morgan fingerprint density at radius 3 is 2.76 bits per heavy atom. The van der Waals surface area contributed by atoms with Crippen molar-refractivity contribution >= 4 is 22.9 Å². The summed E-state index contributed by atoms with van der Waals surface area (Å²) in [4.78, 5) is 38.0. The fraction of sp³-hybridized carbons (Fsp3) is 0.280. The summed E-state index contributed by atoms with van der Waals surface area (Å²) >= 11 is 0. The first-order valence-corrected chi connectivity index (χ1v) is 12.2. The molecule has 0 fully saturated rings. The average Bonchev–Trinajstić information content (AvgIpc) is 3.64. The minimum atomic E-state index is -0.638. The molecule has 6 rings (SSSR count). The van der Waals surface area contributed by atoms with Gasteiger partial charge in [0.25, 0.3) is 0 Å². The van der Waals surface area contributed by atoms with E-state index in [2.05, 4.69) is 30.6 Å². The second-order valence-electron chi connectivity index (χ2n) is 9.22. The lowest BCUT2D eigenvalue weighted by Gasteiger charge is -2.16. The molecular formula is C25H26N10O3. The van der Waals surface area contributed by atoms with E-state index in [4.69, 9.17) is 10.5 Å². The number of anilines is 2. The molecule has 194 valence electrons. The number of H-pyrrole nitrogens is 1. The molecule has 4 heterocycles. The van der Waals surface area contributed by atoms with Gasteiger partial charge in [-0.1, -0.05) is 23.4 Å². The molecule has 1 aliphatic heterocycles. The van der Waals surface area contributed by atoms with Gasteiger partial charge in [-0.05, 0) is 34.9 Å². The summed E-state index contributed by atoms with van der Waals surface area (Å²) in [6, 6.07) is 11.4. The lowest BCUT2D eigenvalue weighted by atomic mass is 10.1. The van der Waals surface area contributed by atoms with E-state index in [9.17, 15) is 9.59 Å². The number of nitrogens with one attached hydrogen (secondary N) is 2. The van der Waals surface area contributed by atoms with Crippen LogP contribution in [0.2, 0.25) is 0 Å². The summed E-state index contributed by atoms with van der Waals surface area (Å²) in [5, 5.41) is 11.3. The number of rotatable bonds is 8. The first-order valence-electron chi connectivity index (χ1n) is 12.2. The number of benzene rings is 2. The molecule has 0 radical (unpaired) electrons. The van der Waals surface area contributed by atoms with Crippen molar-refractivity contribution in [1.29, 1.82) is 0 Å². The van der Waals surface area contributed by atoms with E-state index in [0.717, 1.165) is 44.6 Å². The fourth-order valence-electron chi connectivity index (χ4n) is 4.64. The van der Waals surface area contributed by atoms with Crippen LogP contribution in [0.3, 0.4) is 0 Å². The number of aromatic nitrogens is 8. The van der Waals surface area contributed by atoms with Crippen molar-refractivity contribution in [3.05, 3.63) is 85.9 Å². The third-order valence-electron chi connectivity index (χ3n) is 6.59. The Morgan fingerprint density at radius 2 is 1.92 bits per heavy atom. The van der Waals surface area contributed by atoms with Gasteiger partial charge in [0.05, 0.1) is 31.4 Å². The van der Waals surface area contributed by atoms with Crippen LogP contribution in [0.4, 0.5) is 11.9 Å². The molecule has 0 saturated carbocycles. The van der Waals surface area contributed by atoms with Gasteiger partial charge in [0.1, 0.15) is 11.3 Å². The van der Waals surface area contributed by atoms with E-state index < -0.39 is 11.4 Å². The molecule has 1 aliphatic rings. The Hall–Kier alpha value is -4.94. The van der Waals surface area contributed by atoms with Crippen molar-refractivity contribution in [3.63, 3.8) is 0 Å². The normalized spacial score (nSPS) is 12.6. The number of nitrogen functional groups attached to an aromatic ring is 1. The van der Waals surface area contributed by atoms with Gasteiger partial charge in [0, 0.05) is 32.1 Å². The van der Waals surface area contributed by atoms with Crippen LogP contribution in [0.5, 0.6) is 5.75 Å². The lowest BCUT2D eigenvalue weighted by Crippen LogP contribution is -2.43. The summed E-state index contributed by atoms with van der Waals surface area (Å²) in [5.74, 6) is 1.39. The first kappa shape index (κ1) is 23.5. The molecule has 0 saturated heterocycles. The standard InChI is InChI=1S/C25H26N10O3/c1-33-20-4-2-16(11-19(20)31-32-33)14-35-24(36)30-23(27-8-6-18-12-28-22(26)29-18)34(25(35)37)13-15-3-5-21-17(10-15)7-9-38-21/h2-5,10-12H,6-9,13-14H2,1H3,(H3,26,28,29)(H,27,30,36). The number of hydrogen-bond donors (Lipinski definition) is 3.